The number of nitrogens with two attached hydrogens (primary N) is 1. The van der Waals surface area contributed by atoms with Crippen molar-refractivity contribution >= 4 is 17.2 Å². The summed E-state index contributed by atoms with van der Waals surface area (Å²) in [4.78, 5) is 17.8. The monoisotopic (exact) mass is 225 g/mol. The van der Waals surface area contributed by atoms with Crippen molar-refractivity contribution in [3.63, 3.8) is 0 Å². The van der Waals surface area contributed by atoms with Crippen molar-refractivity contribution in [3.8, 4) is 0 Å². The lowest BCUT2D eigenvalue weighted by Crippen LogP contribution is -2.43. The highest BCUT2D eigenvalue weighted by Crippen LogP contribution is 2.10. The summed E-state index contributed by atoms with van der Waals surface area (Å²) in [5.41, 5.74) is 8.42. The van der Waals surface area contributed by atoms with Crippen LogP contribution < -0.4 is 5.73 Å². The molecule has 2 rings (SSSR count). The molecule has 1 aliphatic rings. The van der Waals surface area contributed by atoms with Crippen LogP contribution in [0.25, 0.3) is 0 Å². The Kier molecular flexibility index (Phi) is 3.33. The van der Waals surface area contributed by atoms with Gasteiger partial charge in [-0.2, -0.15) is 0 Å². The van der Waals surface area contributed by atoms with Crippen molar-refractivity contribution in [2.75, 3.05) is 13.1 Å². The summed E-state index contributed by atoms with van der Waals surface area (Å²) in [7, 11) is 0. The van der Waals surface area contributed by atoms with E-state index < -0.39 is 0 Å². The van der Waals surface area contributed by atoms with Crippen molar-refractivity contribution in [1.82, 2.24) is 9.88 Å². The number of rotatable bonds is 2. The highest BCUT2D eigenvalue weighted by molar-refractivity contribution is 7.07. The second-order valence-electron chi connectivity index (χ2n) is 3.87. The molecule has 0 unspecified atom stereocenters. The van der Waals surface area contributed by atoms with Crippen LogP contribution in [0.5, 0.6) is 0 Å². The topological polar surface area (TPSA) is 59.2 Å². The van der Waals surface area contributed by atoms with Crippen LogP contribution in [0.15, 0.2) is 10.9 Å². The summed E-state index contributed by atoms with van der Waals surface area (Å²) in [5, 5.41) is 1.92. The van der Waals surface area contributed by atoms with Gasteiger partial charge in [0.05, 0.1) is 17.6 Å². The molecule has 15 heavy (non-hydrogen) atoms. The van der Waals surface area contributed by atoms with E-state index in [9.17, 15) is 4.79 Å². The molecule has 1 aromatic rings. The van der Waals surface area contributed by atoms with E-state index in [2.05, 4.69) is 4.98 Å². The zero-order valence-corrected chi connectivity index (χ0v) is 9.37. The maximum Gasteiger partial charge on any atom is 0.228 e. The summed E-state index contributed by atoms with van der Waals surface area (Å²) < 4.78 is 0. The maximum absolute atomic E-state index is 11.8. The molecule has 0 radical (unpaired) electrons. The van der Waals surface area contributed by atoms with Crippen LogP contribution in [-0.4, -0.2) is 34.9 Å². The minimum Gasteiger partial charge on any atom is -0.342 e. The van der Waals surface area contributed by atoms with Crippen LogP contribution in [0.4, 0.5) is 0 Å². The molecule has 4 nitrogen and oxygen atoms in total. The Balaban J connectivity index is 1.86. The SMILES string of the molecule is NC1CCN(C(=O)Cc2cscn2)CC1. The van der Waals surface area contributed by atoms with Crippen molar-refractivity contribution in [2.45, 2.75) is 25.3 Å². The molecular weight excluding hydrogens is 210 g/mol. The van der Waals surface area contributed by atoms with Gasteiger partial charge in [0.2, 0.25) is 5.91 Å². The van der Waals surface area contributed by atoms with Crippen molar-refractivity contribution < 1.29 is 4.79 Å². The number of hydrogen-bond acceptors (Lipinski definition) is 4. The van der Waals surface area contributed by atoms with Crippen LogP contribution in [0.3, 0.4) is 0 Å². The molecule has 0 saturated carbocycles. The molecule has 0 spiro atoms. The van der Waals surface area contributed by atoms with Gasteiger partial charge in [-0.3, -0.25) is 4.79 Å². The lowest BCUT2D eigenvalue weighted by Gasteiger charge is -2.30. The number of aromatic nitrogens is 1. The van der Waals surface area contributed by atoms with Gasteiger partial charge in [0, 0.05) is 24.5 Å². The van der Waals surface area contributed by atoms with Crippen LogP contribution in [0, 0.1) is 0 Å². The first-order chi connectivity index (χ1) is 7.25. The maximum atomic E-state index is 11.8. The second kappa shape index (κ2) is 4.72. The van der Waals surface area contributed by atoms with Gasteiger partial charge in [-0.05, 0) is 12.8 Å². The van der Waals surface area contributed by atoms with Crippen molar-refractivity contribution in [2.24, 2.45) is 5.73 Å². The van der Waals surface area contributed by atoms with Gasteiger partial charge < -0.3 is 10.6 Å². The Morgan fingerprint density at radius 3 is 2.93 bits per heavy atom. The highest BCUT2D eigenvalue weighted by atomic mass is 32.1. The van der Waals surface area contributed by atoms with Gasteiger partial charge in [-0.25, -0.2) is 4.98 Å². The summed E-state index contributed by atoms with van der Waals surface area (Å²) in [6.07, 6.45) is 2.27. The fraction of sp³-hybridized carbons (Fsp3) is 0.600. The third kappa shape index (κ3) is 2.76. The van der Waals surface area contributed by atoms with E-state index >= 15 is 0 Å². The molecule has 1 saturated heterocycles. The Bertz CT molecular complexity index is 317. The van der Waals surface area contributed by atoms with Crippen molar-refractivity contribution in [1.29, 1.82) is 0 Å². The van der Waals surface area contributed by atoms with Crippen LogP contribution in [-0.2, 0) is 11.2 Å². The average molecular weight is 225 g/mol. The number of likely N-dealkylation sites (tertiary alicyclic amines) is 1. The number of piperidine rings is 1. The molecule has 1 aliphatic heterocycles. The van der Waals surface area contributed by atoms with E-state index in [-0.39, 0.29) is 11.9 Å². The highest BCUT2D eigenvalue weighted by Gasteiger charge is 2.20. The zero-order chi connectivity index (χ0) is 10.7. The third-order valence-electron chi connectivity index (χ3n) is 2.71. The van der Waals surface area contributed by atoms with Crippen LogP contribution >= 0.6 is 11.3 Å². The first-order valence-corrected chi connectivity index (χ1v) is 6.10. The Hall–Kier alpha value is -0.940. The zero-order valence-electron chi connectivity index (χ0n) is 8.56. The largest absolute Gasteiger partial charge is 0.342 e. The minimum atomic E-state index is 0.174. The molecule has 82 valence electrons. The summed E-state index contributed by atoms with van der Waals surface area (Å²) in [6.45, 7) is 1.59. The predicted molar refractivity (Wildman–Crippen MR) is 59.6 cm³/mol. The fourth-order valence-electron chi connectivity index (χ4n) is 1.74. The van der Waals surface area contributed by atoms with E-state index in [0.29, 0.717) is 6.42 Å². The lowest BCUT2D eigenvalue weighted by molar-refractivity contribution is -0.131. The first-order valence-electron chi connectivity index (χ1n) is 5.16. The van der Waals surface area contributed by atoms with Gasteiger partial charge in [-0.1, -0.05) is 0 Å². The Morgan fingerprint density at radius 1 is 1.60 bits per heavy atom. The molecule has 1 amide bonds. The van der Waals surface area contributed by atoms with Gasteiger partial charge in [0.1, 0.15) is 0 Å². The number of thiazole rings is 1. The van der Waals surface area contributed by atoms with Gasteiger partial charge in [0.25, 0.3) is 0 Å². The molecule has 0 aromatic carbocycles. The standard InChI is InChI=1S/C10H15N3OS/c11-8-1-3-13(4-2-8)10(14)5-9-6-15-7-12-9/h6-8H,1-5,11H2. The van der Waals surface area contributed by atoms with E-state index in [1.807, 2.05) is 10.3 Å². The first kappa shape index (κ1) is 10.6. The number of hydrogen-bond donors (Lipinski definition) is 1. The third-order valence-corrected chi connectivity index (χ3v) is 3.34. The molecular formula is C10H15N3OS. The number of carbonyl (C=O) groups is 1. The molecule has 0 aliphatic carbocycles. The average Bonchev–Trinajstić information content (AvgIpc) is 2.71. The van der Waals surface area contributed by atoms with E-state index in [0.717, 1.165) is 31.6 Å². The van der Waals surface area contributed by atoms with E-state index in [1.165, 1.54) is 11.3 Å². The molecule has 1 aromatic heterocycles. The minimum absolute atomic E-state index is 0.174. The quantitative estimate of drug-likeness (QED) is 0.803. The second-order valence-corrected chi connectivity index (χ2v) is 4.59. The normalized spacial score (nSPS) is 18.1. The number of carbonyl (C=O) groups excluding carboxylic acids is 1. The number of amides is 1. The van der Waals surface area contributed by atoms with Gasteiger partial charge in [-0.15, -0.1) is 11.3 Å². The summed E-state index contributed by atoms with van der Waals surface area (Å²) in [6, 6.07) is 0.272. The lowest BCUT2D eigenvalue weighted by atomic mass is 10.1. The molecule has 1 fully saturated rings. The summed E-state index contributed by atoms with van der Waals surface area (Å²) in [5.74, 6) is 0.174. The van der Waals surface area contributed by atoms with Gasteiger partial charge >= 0.3 is 0 Å². The molecule has 2 heterocycles. The fourth-order valence-corrected chi connectivity index (χ4v) is 2.30. The number of nitrogens with zero attached hydrogens (tertiary/aromatic N) is 2. The molecule has 0 atom stereocenters. The summed E-state index contributed by atoms with van der Waals surface area (Å²) >= 11 is 1.53. The van der Waals surface area contributed by atoms with E-state index in [1.54, 1.807) is 5.51 Å². The van der Waals surface area contributed by atoms with E-state index in [4.69, 9.17) is 5.73 Å². The molecule has 2 N–H and O–H groups in total. The van der Waals surface area contributed by atoms with Crippen LogP contribution in [0.1, 0.15) is 18.5 Å². The van der Waals surface area contributed by atoms with Crippen LogP contribution in [0.2, 0.25) is 0 Å². The smallest absolute Gasteiger partial charge is 0.228 e. The molecule has 0 bridgehead atoms. The Morgan fingerprint density at radius 2 is 2.33 bits per heavy atom. The van der Waals surface area contributed by atoms with Crippen molar-refractivity contribution in [3.05, 3.63) is 16.6 Å². The predicted octanol–water partition coefficient (Wildman–Crippen LogP) is 0.635. The Labute approximate surface area is 93.1 Å². The molecule has 5 heteroatoms. The van der Waals surface area contributed by atoms with Gasteiger partial charge in [0.15, 0.2) is 0 Å².